The van der Waals surface area contributed by atoms with Crippen LogP contribution in [0.2, 0.25) is 0 Å². The highest BCUT2D eigenvalue weighted by Crippen LogP contribution is 2.37. The van der Waals surface area contributed by atoms with Gasteiger partial charge in [0.05, 0.1) is 10.6 Å². The molecule has 0 atom stereocenters. The van der Waals surface area contributed by atoms with Gasteiger partial charge in [0, 0.05) is 6.07 Å². The zero-order valence-electron chi connectivity index (χ0n) is 12.5. The number of aromatic hydroxyl groups is 2. The van der Waals surface area contributed by atoms with Crippen LogP contribution < -0.4 is 4.90 Å². The topological polar surface area (TPSA) is 98.1 Å². The first-order valence-corrected chi connectivity index (χ1v) is 8.22. The number of phenols is 2. The summed E-state index contributed by atoms with van der Waals surface area (Å²) in [6.45, 7) is 0. The van der Waals surface area contributed by atoms with E-state index in [1.54, 1.807) is 18.2 Å². The van der Waals surface area contributed by atoms with Gasteiger partial charge in [-0.05, 0) is 35.9 Å². The lowest BCUT2D eigenvalue weighted by atomic mass is 10.1. The summed E-state index contributed by atoms with van der Waals surface area (Å²) in [7, 11) is 0. The first-order valence-electron chi connectivity index (χ1n) is 7.00. The molecule has 1 saturated heterocycles. The van der Waals surface area contributed by atoms with E-state index < -0.39 is 11.7 Å². The molecule has 0 spiro atoms. The molecule has 0 saturated carbocycles. The first-order chi connectivity index (χ1) is 11.9. The predicted molar refractivity (Wildman–Crippen MR) is 98.8 cm³/mol. The predicted octanol–water partition coefficient (Wildman–Crippen LogP) is 3.20. The average Bonchev–Trinajstić information content (AvgIpc) is 2.81. The zero-order chi connectivity index (χ0) is 18.1. The molecule has 3 rings (SSSR count). The molecule has 0 aliphatic carbocycles. The van der Waals surface area contributed by atoms with Crippen LogP contribution in [0.4, 0.5) is 5.69 Å². The molecule has 6 nitrogen and oxygen atoms in total. The molecule has 1 fully saturated rings. The zero-order valence-corrected chi connectivity index (χ0v) is 14.2. The van der Waals surface area contributed by atoms with Gasteiger partial charge in [-0.2, -0.15) is 0 Å². The average molecular weight is 373 g/mol. The molecule has 25 heavy (non-hydrogen) atoms. The number of thiocarbonyl (C=S) groups is 1. The van der Waals surface area contributed by atoms with Crippen LogP contribution in [0, 0.1) is 0 Å². The maximum absolute atomic E-state index is 12.6. The van der Waals surface area contributed by atoms with Crippen molar-refractivity contribution >= 4 is 51.9 Å². The maximum atomic E-state index is 12.6. The Labute approximate surface area is 152 Å². The van der Waals surface area contributed by atoms with Crippen LogP contribution in [0.15, 0.2) is 47.4 Å². The molecular formula is C17H11NO5S2. The van der Waals surface area contributed by atoms with Crippen molar-refractivity contribution in [3.8, 4) is 11.5 Å². The molecule has 1 aliphatic rings. The summed E-state index contributed by atoms with van der Waals surface area (Å²) in [5.74, 6) is -2.02. The number of aromatic carboxylic acids is 1. The van der Waals surface area contributed by atoms with E-state index >= 15 is 0 Å². The van der Waals surface area contributed by atoms with Crippen molar-refractivity contribution in [3.63, 3.8) is 0 Å². The Balaban J connectivity index is 1.94. The van der Waals surface area contributed by atoms with Gasteiger partial charge in [0.2, 0.25) is 0 Å². The molecule has 0 radical (unpaired) electrons. The molecule has 8 heteroatoms. The van der Waals surface area contributed by atoms with Gasteiger partial charge in [-0.25, -0.2) is 4.79 Å². The Bertz CT molecular complexity index is 938. The number of hydrogen-bond acceptors (Lipinski definition) is 6. The van der Waals surface area contributed by atoms with Gasteiger partial charge in [0.15, 0.2) is 4.32 Å². The highest BCUT2D eigenvalue weighted by molar-refractivity contribution is 8.27. The quantitative estimate of drug-likeness (QED) is 0.561. The molecule has 2 aromatic carbocycles. The lowest BCUT2D eigenvalue weighted by molar-refractivity contribution is -0.113. The number of carbonyl (C=O) groups is 2. The number of thioether (sulfide) groups is 1. The normalized spacial score (nSPS) is 15.8. The summed E-state index contributed by atoms with van der Waals surface area (Å²) >= 11 is 6.31. The second-order valence-corrected chi connectivity index (χ2v) is 6.79. The first kappa shape index (κ1) is 17.0. The van der Waals surface area contributed by atoms with E-state index in [0.717, 1.165) is 11.8 Å². The van der Waals surface area contributed by atoms with Crippen molar-refractivity contribution in [1.82, 2.24) is 0 Å². The number of benzene rings is 2. The Morgan fingerprint density at radius 2 is 1.92 bits per heavy atom. The fourth-order valence-electron chi connectivity index (χ4n) is 2.30. The lowest BCUT2D eigenvalue weighted by Gasteiger charge is -2.15. The molecule has 0 aromatic heterocycles. The molecular weight excluding hydrogens is 362 g/mol. The lowest BCUT2D eigenvalue weighted by Crippen LogP contribution is -2.27. The summed E-state index contributed by atoms with van der Waals surface area (Å²) in [4.78, 5) is 25.2. The van der Waals surface area contributed by atoms with Crippen molar-refractivity contribution in [2.24, 2.45) is 0 Å². The van der Waals surface area contributed by atoms with Crippen molar-refractivity contribution in [1.29, 1.82) is 0 Å². The van der Waals surface area contributed by atoms with Crippen LogP contribution in [0.3, 0.4) is 0 Å². The van der Waals surface area contributed by atoms with E-state index in [1.165, 1.54) is 35.2 Å². The van der Waals surface area contributed by atoms with Gasteiger partial charge >= 0.3 is 5.97 Å². The summed E-state index contributed by atoms with van der Waals surface area (Å²) in [5.41, 5.74) is 0.665. The third kappa shape index (κ3) is 3.35. The number of carboxylic acid groups (broad SMARTS) is 1. The summed E-state index contributed by atoms with van der Waals surface area (Å²) < 4.78 is 0.263. The minimum absolute atomic E-state index is 0.0819. The van der Waals surface area contributed by atoms with E-state index in [1.807, 2.05) is 0 Å². The van der Waals surface area contributed by atoms with Gasteiger partial charge in [0.25, 0.3) is 5.91 Å². The molecule has 1 amide bonds. The second kappa shape index (κ2) is 6.58. The van der Waals surface area contributed by atoms with Crippen molar-refractivity contribution in [3.05, 3.63) is 58.5 Å². The van der Waals surface area contributed by atoms with Gasteiger partial charge in [-0.1, -0.05) is 36.1 Å². The van der Waals surface area contributed by atoms with Gasteiger partial charge in [-0.3, -0.25) is 9.69 Å². The van der Waals surface area contributed by atoms with Crippen LogP contribution in [-0.2, 0) is 4.79 Å². The Hall–Kier alpha value is -2.84. The number of carboxylic acids is 1. The van der Waals surface area contributed by atoms with Crippen LogP contribution in [0.1, 0.15) is 15.9 Å². The Kier molecular flexibility index (Phi) is 4.47. The van der Waals surface area contributed by atoms with Gasteiger partial charge < -0.3 is 15.3 Å². The monoisotopic (exact) mass is 373 g/mol. The molecule has 3 N–H and O–H groups in total. The van der Waals surface area contributed by atoms with Crippen LogP contribution in [-0.4, -0.2) is 31.5 Å². The largest absolute Gasteiger partial charge is 0.508 e. The molecule has 2 aromatic rings. The summed E-state index contributed by atoms with van der Waals surface area (Å²) in [6, 6.07) is 10.2. The van der Waals surface area contributed by atoms with Crippen LogP contribution in [0.5, 0.6) is 11.5 Å². The van der Waals surface area contributed by atoms with E-state index in [4.69, 9.17) is 17.3 Å². The second-order valence-electron chi connectivity index (χ2n) is 5.12. The molecule has 1 heterocycles. The van der Waals surface area contributed by atoms with Crippen molar-refractivity contribution in [2.45, 2.75) is 0 Å². The molecule has 0 unspecified atom stereocenters. The molecule has 126 valence electrons. The fourth-order valence-corrected chi connectivity index (χ4v) is 3.60. The minimum Gasteiger partial charge on any atom is -0.508 e. The van der Waals surface area contributed by atoms with Crippen molar-refractivity contribution in [2.75, 3.05) is 4.90 Å². The number of phenolic OH excluding ortho intramolecular Hbond substituents is 1. The SMILES string of the molecule is O=C(O)c1ccc(N2C(=O)/C(=C/c3cccc(O)c3)SC2=S)cc1O. The smallest absolute Gasteiger partial charge is 0.339 e. The fraction of sp³-hybridized carbons (Fsp3) is 0. The number of rotatable bonds is 3. The van der Waals surface area contributed by atoms with Crippen LogP contribution in [0.25, 0.3) is 6.08 Å². The van der Waals surface area contributed by atoms with E-state index in [9.17, 15) is 19.8 Å². The number of hydrogen-bond donors (Lipinski definition) is 3. The van der Waals surface area contributed by atoms with Gasteiger partial charge in [0.1, 0.15) is 17.1 Å². The highest BCUT2D eigenvalue weighted by Gasteiger charge is 2.33. The number of carbonyl (C=O) groups excluding carboxylic acids is 1. The number of nitrogens with zero attached hydrogens (tertiary/aromatic N) is 1. The maximum Gasteiger partial charge on any atom is 0.339 e. The molecule has 1 aliphatic heterocycles. The third-order valence-corrected chi connectivity index (χ3v) is 4.73. The molecule has 0 bridgehead atoms. The number of anilines is 1. The number of amides is 1. The van der Waals surface area contributed by atoms with Crippen LogP contribution >= 0.6 is 24.0 Å². The standard InChI is InChI=1S/C17H11NO5S2/c19-11-3-1-2-9(6-11)7-14-15(21)18(17(24)25-14)10-4-5-12(16(22)23)13(20)8-10/h1-8,19-20H,(H,22,23)/b14-7-. The Morgan fingerprint density at radius 3 is 2.56 bits per heavy atom. The minimum atomic E-state index is -1.27. The Morgan fingerprint density at radius 1 is 1.16 bits per heavy atom. The summed E-state index contributed by atoms with van der Waals surface area (Å²) in [6.07, 6.45) is 1.60. The van der Waals surface area contributed by atoms with E-state index in [0.29, 0.717) is 10.5 Å². The van der Waals surface area contributed by atoms with Gasteiger partial charge in [-0.15, -0.1) is 0 Å². The third-order valence-electron chi connectivity index (χ3n) is 3.43. The van der Waals surface area contributed by atoms with E-state index in [-0.39, 0.29) is 27.2 Å². The van der Waals surface area contributed by atoms with E-state index in [2.05, 4.69) is 0 Å². The summed E-state index contributed by atoms with van der Waals surface area (Å²) in [5, 5.41) is 28.3. The highest BCUT2D eigenvalue weighted by atomic mass is 32.2. The van der Waals surface area contributed by atoms with Crippen molar-refractivity contribution < 1.29 is 24.9 Å².